The molecule has 7 nitrogen and oxygen atoms in total. The Hall–Kier alpha value is -1.71. The van der Waals surface area contributed by atoms with Crippen LogP contribution < -0.4 is 10.0 Å². The minimum atomic E-state index is -3.66. The molecule has 2 aromatic heterocycles. The summed E-state index contributed by atoms with van der Waals surface area (Å²) in [4.78, 5) is 12.2. The summed E-state index contributed by atoms with van der Waals surface area (Å²) in [6.07, 6.45) is 3.68. The second kappa shape index (κ2) is 7.89. The highest BCUT2D eigenvalue weighted by Crippen LogP contribution is 2.24. The number of aromatic nitrogens is 2. The van der Waals surface area contributed by atoms with Crippen LogP contribution in [0.15, 0.2) is 22.9 Å². The number of hydrogen-bond acceptors (Lipinski definition) is 5. The van der Waals surface area contributed by atoms with Gasteiger partial charge >= 0.3 is 0 Å². The number of nitrogens with zero attached hydrogens (tertiary/aromatic N) is 2. The largest absolute Gasteiger partial charge is 0.310 e. The van der Waals surface area contributed by atoms with Gasteiger partial charge in [-0.3, -0.25) is 9.48 Å². The van der Waals surface area contributed by atoms with Gasteiger partial charge in [-0.2, -0.15) is 16.4 Å². The Morgan fingerprint density at radius 2 is 2.08 bits per heavy atom. The van der Waals surface area contributed by atoms with Crippen molar-refractivity contribution in [2.24, 2.45) is 13.0 Å². The van der Waals surface area contributed by atoms with E-state index in [1.807, 2.05) is 16.8 Å². The Kier molecular flexibility index (Phi) is 5.79. The van der Waals surface area contributed by atoms with Gasteiger partial charge < -0.3 is 5.32 Å². The van der Waals surface area contributed by atoms with Crippen LogP contribution in [0.5, 0.6) is 0 Å². The zero-order valence-corrected chi connectivity index (χ0v) is 16.6. The Morgan fingerprint density at radius 1 is 1.35 bits per heavy atom. The average Bonchev–Trinajstić information content (AvgIpc) is 3.19. The lowest BCUT2D eigenvalue weighted by atomic mass is 9.88. The quantitative estimate of drug-likeness (QED) is 0.785. The summed E-state index contributed by atoms with van der Waals surface area (Å²) < 4.78 is 28.7. The Balaban J connectivity index is 1.58. The van der Waals surface area contributed by atoms with Gasteiger partial charge in [0.2, 0.25) is 15.9 Å². The first-order valence-corrected chi connectivity index (χ1v) is 11.3. The van der Waals surface area contributed by atoms with Crippen LogP contribution in [-0.2, 0) is 21.9 Å². The Morgan fingerprint density at radius 3 is 2.73 bits per heavy atom. The van der Waals surface area contributed by atoms with E-state index < -0.39 is 21.7 Å². The van der Waals surface area contributed by atoms with Gasteiger partial charge in [0.25, 0.3) is 0 Å². The van der Waals surface area contributed by atoms with E-state index in [-0.39, 0.29) is 6.04 Å². The molecule has 2 N–H and O–H groups in total. The van der Waals surface area contributed by atoms with Gasteiger partial charge in [0.15, 0.2) is 0 Å². The third kappa shape index (κ3) is 4.93. The molecule has 9 heteroatoms. The van der Waals surface area contributed by atoms with E-state index in [0.717, 1.165) is 36.9 Å². The van der Waals surface area contributed by atoms with Crippen LogP contribution in [0.2, 0.25) is 0 Å². The zero-order valence-electron chi connectivity index (χ0n) is 14.9. The fourth-order valence-electron chi connectivity index (χ4n) is 3.16. The molecule has 1 amide bonds. The smallest absolute Gasteiger partial charge is 0.242 e. The maximum atomic E-state index is 12.3. The standard InChI is InChI=1S/C17H24N4O3S2/c1-12-3-5-14(6-4-12)20-26(23,24)11-17(22)18-16-9-15(19-21(16)2)13-7-8-25-10-13/h7-10,12,14,20H,3-6,11H2,1-2H3,(H,18,22). The van der Waals surface area contributed by atoms with Crippen molar-refractivity contribution in [1.29, 1.82) is 0 Å². The van der Waals surface area contributed by atoms with Gasteiger partial charge in [-0.1, -0.05) is 6.92 Å². The number of nitrogens with one attached hydrogen (secondary N) is 2. The molecule has 0 aromatic carbocycles. The molecule has 0 spiro atoms. The molecule has 1 saturated carbocycles. The van der Waals surface area contributed by atoms with Crippen molar-refractivity contribution in [2.75, 3.05) is 11.1 Å². The molecule has 26 heavy (non-hydrogen) atoms. The van der Waals surface area contributed by atoms with E-state index in [2.05, 4.69) is 22.1 Å². The molecule has 0 bridgehead atoms. The first-order chi connectivity index (χ1) is 12.3. The minimum absolute atomic E-state index is 0.0640. The third-order valence-electron chi connectivity index (χ3n) is 4.65. The number of rotatable bonds is 6. The van der Waals surface area contributed by atoms with Crippen LogP contribution >= 0.6 is 11.3 Å². The number of sulfonamides is 1. The topological polar surface area (TPSA) is 93.1 Å². The normalized spacial score (nSPS) is 20.8. The highest BCUT2D eigenvalue weighted by Gasteiger charge is 2.25. The number of thiophene rings is 1. The highest BCUT2D eigenvalue weighted by atomic mass is 32.2. The third-order valence-corrected chi connectivity index (χ3v) is 6.67. The highest BCUT2D eigenvalue weighted by molar-refractivity contribution is 7.90. The Labute approximate surface area is 157 Å². The summed E-state index contributed by atoms with van der Waals surface area (Å²) in [5.74, 6) is -0.0429. The molecule has 0 radical (unpaired) electrons. The van der Waals surface area contributed by atoms with Gasteiger partial charge in [-0.25, -0.2) is 13.1 Å². The lowest BCUT2D eigenvalue weighted by molar-refractivity contribution is -0.113. The SMILES string of the molecule is CC1CCC(NS(=O)(=O)CC(=O)Nc2cc(-c3ccsc3)nn2C)CC1. The molecule has 0 saturated heterocycles. The summed E-state index contributed by atoms with van der Waals surface area (Å²) in [5.41, 5.74) is 1.70. The number of aryl methyl sites for hydroxylation is 1. The van der Waals surface area contributed by atoms with E-state index in [4.69, 9.17) is 0 Å². The van der Waals surface area contributed by atoms with Crippen LogP contribution in [0.25, 0.3) is 11.3 Å². The van der Waals surface area contributed by atoms with E-state index in [1.54, 1.807) is 24.5 Å². The molecule has 3 rings (SSSR count). The van der Waals surface area contributed by atoms with Gasteiger partial charge in [0, 0.05) is 30.1 Å². The molecule has 2 heterocycles. The van der Waals surface area contributed by atoms with Crippen LogP contribution in [0.1, 0.15) is 32.6 Å². The van der Waals surface area contributed by atoms with Crippen molar-refractivity contribution in [3.8, 4) is 11.3 Å². The van der Waals surface area contributed by atoms with Gasteiger partial charge in [-0.15, -0.1) is 0 Å². The summed E-state index contributed by atoms with van der Waals surface area (Å²) in [7, 11) is -1.95. The van der Waals surface area contributed by atoms with Crippen molar-refractivity contribution in [3.05, 3.63) is 22.9 Å². The molecule has 0 unspecified atom stereocenters. The van der Waals surface area contributed by atoms with Crippen LogP contribution in [0.3, 0.4) is 0 Å². The van der Waals surface area contributed by atoms with E-state index >= 15 is 0 Å². The fraction of sp³-hybridized carbons (Fsp3) is 0.529. The predicted octanol–water partition coefficient (Wildman–Crippen LogP) is 2.59. The van der Waals surface area contributed by atoms with Crippen LogP contribution in [-0.4, -0.2) is 35.9 Å². The van der Waals surface area contributed by atoms with Crippen molar-refractivity contribution in [2.45, 2.75) is 38.6 Å². The van der Waals surface area contributed by atoms with E-state index in [0.29, 0.717) is 11.7 Å². The molecular weight excluding hydrogens is 372 g/mol. The first-order valence-electron chi connectivity index (χ1n) is 8.69. The molecule has 2 aromatic rings. The van der Waals surface area contributed by atoms with Crippen molar-refractivity contribution in [1.82, 2.24) is 14.5 Å². The molecule has 1 fully saturated rings. The molecule has 0 atom stereocenters. The Bertz CT molecular complexity index is 851. The lowest BCUT2D eigenvalue weighted by Crippen LogP contribution is -2.41. The molecule has 1 aliphatic carbocycles. The number of amides is 1. The summed E-state index contributed by atoms with van der Waals surface area (Å²) in [5, 5.41) is 10.9. The van der Waals surface area contributed by atoms with Gasteiger partial charge in [0.1, 0.15) is 11.6 Å². The van der Waals surface area contributed by atoms with Crippen LogP contribution in [0, 0.1) is 5.92 Å². The van der Waals surface area contributed by atoms with E-state index in [1.165, 1.54) is 4.68 Å². The summed E-state index contributed by atoms with van der Waals surface area (Å²) in [6.45, 7) is 2.18. The fourth-order valence-corrected chi connectivity index (χ4v) is 5.05. The van der Waals surface area contributed by atoms with Crippen molar-refractivity contribution >= 4 is 33.1 Å². The average molecular weight is 397 g/mol. The maximum absolute atomic E-state index is 12.3. The van der Waals surface area contributed by atoms with Crippen molar-refractivity contribution < 1.29 is 13.2 Å². The lowest BCUT2D eigenvalue weighted by Gasteiger charge is -2.26. The summed E-state index contributed by atoms with van der Waals surface area (Å²) >= 11 is 1.56. The first kappa shape index (κ1) is 19.1. The van der Waals surface area contributed by atoms with Gasteiger partial charge in [0.05, 0.1) is 5.69 Å². The maximum Gasteiger partial charge on any atom is 0.242 e. The molecule has 0 aliphatic heterocycles. The second-order valence-corrected chi connectivity index (χ2v) is 9.47. The minimum Gasteiger partial charge on any atom is -0.310 e. The number of carbonyl (C=O) groups excluding carboxylic acids is 1. The molecular formula is C17H24N4O3S2. The van der Waals surface area contributed by atoms with Crippen molar-refractivity contribution in [3.63, 3.8) is 0 Å². The van der Waals surface area contributed by atoms with Gasteiger partial charge in [-0.05, 0) is 43.0 Å². The van der Waals surface area contributed by atoms with E-state index in [9.17, 15) is 13.2 Å². The number of anilines is 1. The summed E-state index contributed by atoms with van der Waals surface area (Å²) in [6, 6.07) is 3.62. The molecule has 142 valence electrons. The second-order valence-electron chi connectivity index (χ2n) is 6.93. The number of carbonyl (C=O) groups is 1. The number of hydrogen-bond donors (Lipinski definition) is 2. The molecule has 1 aliphatic rings. The monoisotopic (exact) mass is 396 g/mol. The predicted molar refractivity (Wildman–Crippen MR) is 103 cm³/mol. The zero-order chi connectivity index (χ0) is 18.7. The van der Waals surface area contributed by atoms with Crippen LogP contribution in [0.4, 0.5) is 5.82 Å².